The van der Waals surface area contributed by atoms with Gasteiger partial charge in [0.1, 0.15) is 6.10 Å². The lowest BCUT2D eigenvalue weighted by Gasteiger charge is -2.17. The van der Waals surface area contributed by atoms with Crippen molar-refractivity contribution >= 4 is 21.2 Å². The second-order valence-corrected chi connectivity index (χ2v) is 9.37. The van der Waals surface area contributed by atoms with Crippen molar-refractivity contribution in [2.75, 3.05) is 6.26 Å². The third-order valence-corrected chi connectivity index (χ3v) is 6.85. The lowest BCUT2D eigenvalue weighted by Crippen LogP contribution is -2.13. The predicted octanol–water partition coefficient (Wildman–Crippen LogP) is 4.00. The Morgan fingerprint density at radius 1 is 1.35 bits per heavy atom. The van der Waals surface area contributed by atoms with Crippen LogP contribution < -0.4 is 4.74 Å². The number of allylic oxidation sites excluding steroid dienone is 3. The quantitative estimate of drug-likeness (QED) is 0.803. The molecule has 0 aliphatic heterocycles. The Hall–Kier alpha value is -1.14. The summed E-state index contributed by atoms with van der Waals surface area (Å²) in [6, 6.07) is 0. The van der Waals surface area contributed by atoms with E-state index in [1.807, 2.05) is 12.2 Å². The van der Waals surface area contributed by atoms with Gasteiger partial charge in [-0.1, -0.05) is 19.1 Å². The third-order valence-electron chi connectivity index (χ3n) is 4.38. The van der Waals surface area contributed by atoms with E-state index >= 15 is 0 Å². The van der Waals surface area contributed by atoms with Gasteiger partial charge < -0.3 is 4.74 Å². The largest absolute Gasteiger partial charge is 0.474 e. The number of hydrogen-bond acceptors (Lipinski definition) is 5. The van der Waals surface area contributed by atoms with E-state index in [-0.39, 0.29) is 12.0 Å². The summed E-state index contributed by atoms with van der Waals surface area (Å²) in [6.07, 6.45) is 13.3. The van der Waals surface area contributed by atoms with Gasteiger partial charge in [-0.25, -0.2) is 13.4 Å². The summed E-state index contributed by atoms with van der Waals surface area (Å²) >= 11 is 1.69. The van der Waals surface area contributed by atoms with Gasteiger partial charge in [-0.3, -0.25) is 0 Å². The molecule has 0 amide bonds. The SMILES string of the molecule is CCc1nc(OC2CCCC2)c(C2C=CC(S(C)(=O)=O)=CC2)s1. The average molecular weight is 354 g/mol. The lowest BCUT2D eigenvalue weighted by atomic mass is 9.99. The van der Waals surface area contributed by atoms with Crippen LogP contribution in [0, 0.1) is 0 Å². The van der Waals surface area contributed by atoms with Crippen LogP contribution in [0.1, 0.15) is 54.8 Å². The van der Waals surface area contributed by atoms with E-state index in [0.717, 1.165) is 35.0 Å². The van der Waals surface area contributed by atoms with Gasteiger partial charge in [0.05, 0.1) is 14.8 Å². The zero-order valence-corrected chi connectivity index (χ0v) is 15.3. The van der Waals surface area contributed by atoms with Crippen LogP contribution in [0.4, 0.5) is 0 Å². The maximum absolute atomic E-state index is 11.6. The first-order chi connectivity index (χ1) is 11.0. The summed E-state index contributed by atoms with van der Waals surface area (Å²) in [4.78, 5) is 6.20. The Labute approximate surface area is 142 Å². The van der Waals surface area contributed by atoms with Crippen molar-refractivity contribution in [3.63, 3.8) is 0 Å². The molecule has 0 aromatic carbocycles. The summed E-state index contributed by atoms with van der Waals surface area (Å²) in [7, 11) is -3.13. The smallest absolute Gasteiger partial charge is 0.228 e. The van der Waals surface area contributed by atoms with Crippen LogP contribution in [-0.2, 0) is 16.3 Å². The first-order valence-corrected chi connectivity index (χ1v) is 10.9. The molecular formula is C17H23NO3S2. The highest BCUT2D eigenvalue weighted by Crippen LogP contribution is 2.39. The number of aryl methyl sites for hydroxylation is 1. The van der Waals surface area contributed by atoms with Gasteiger partial charge in [-0.2, -0.15) is 0 Å². The topological polar surface area (TPSA) is 56.3 Å². The molecule has 1 saturated carbocycles. The predicted molar refractivity (Wildman–Crippen MR) is 93.8 cm³/mol. The molecule has 0 saturated heterocycles. The highest BCUT2D eigenvalue weighted by atomic mass is 32.2. The maximum Gasteiger partial charge on any atom is 0.228 e. The molecule has 23 heavy (non-hydrogen) atoms. The fourth-order valence-corrected chi connectivity index (χ4v) is 4.82. The fraction of sp³-hybridized carbons (Fsp3) is 0.588. The van der Waals surface area contributed by atoms with Crippen molar-refractivity contribution in [2.45, 2.75) is 57.5 Å². The standard InChI is InChI=1S/C17H23NO3S2/c1-3-15-18-17(21-13-6-4-5-7-13)16(22-15)12-8-10-14(11-9-12)23(2,19)20/h8,10-13H,3-7,9H2,1-2H3. The first kappa shape index (κ1) is 16.7. The zero-order chi connectivity index (χ0) is 16.4. The van der Waals surface area contributed by atoms with Crippen molar-refractivity contribution in [3.05, 3.63) is 33.0 Å². The number of nitrogens with zero attached hydrogens (tertiary/aromatic N) is 1. The average Bonchev–Trinajstić information content (AvgIpc) is 3.16. The monoisotopic (exact) mass is 353 g/mol. The molecule has 1 heterocycles. The Bertz CT molecular complexity index is 725. The highest BCUT2D eigenvalue weighted by molar-refractivity contribution is 7.94. The van der Waals surface area contributed by atoms with E-state index in [2.05, 4.69) is 11.9 Å². The minimum Gasteiger partial charge on any atom is -0.474 e. The molecule has 0 N–H and O–H groups in total. The number of rotatable bonds is 5. The molecule has 2 aliphatic rings. The van der Waals surface area contributed by atoms with E-state index in [9.17, 15) is 8.42 Å². The molecule has 6 heteroatoms. The summed E-state index contributed by atoms with van der Waals surface area (Å²) in [5.74, 6) is 0.930. The molecular weight excluding hydrogens is 330 g/mol. The van der Waals surface area contributed by atoms with Gasteiger partial charge >= 0.3 is 0 Å². The number of ether oxygens (including phenoxy) is 1. The minimum atomic E-state index is -3.13. The van der Waals surface area contributed by atoms with Crippen LogP contribution in [0.3, 0.4) is 0 Å². The summed E-state index contributed by atoms with van der Waals surface area (Å²) < 4.78 is 29.4. The second kappa shape index (κ2) is 6.77. The van der Waals surface area contributed by atoms with E-state index in [1.165, 1.54) is 19.1 Å². The molecule has 1 unspecified atom stereocenters. The molecule has 2 aliphatic carbocycles. The number of thiazole rings is 1. The van der Waals surface area contributed by atoms with Gasteiger partial charge in [0.2, 0.25) is 5.88 Å². The van der Waals surface area contributed by atoms with Gasteiger partial charge in [-0.15, -0.1) is 11.3 Å². The van der Waals surface area contributed by atoms with Crippen LogP contribution in [0.2, 0.25) is 0 Å². The van der Waals surface area contributed by atoms with Gasteiger partial charge in [0.15, 0.2) is 9.84 Å². The lowest BCUT2D eigenvalue weighted by molar-refractivity contribution is 0.200. The van der Waals surface area contributed by atoms with Crippen LogP contribution in [0.5, 0.6) is 5.88 Å². The van der Waals surface area contributed by atoms with Crippen LogP contribution >= 0.6 is 11.3 Å². The Morgan fingerprint density at radius 2 is 2.09 bits per heavy atom. The molecule has 126 valence electrons. The maximum atomic E-state index is 11.6. The van der Waals surface area contributed by atoms with Crippen molar-refractivity contribution in [2.24, 2.45) is 0 Å². The summed E-state index contributed by atoms with van der Waals surface area (Å²) in [6.45, 7) is 2.10. The molecule has 0 bridgehead atoms. The Kier molecular flexibility index (Phi) is 4.92. The van der Waals surface area contributed by atoms with E-state index in [1.54, 1.807) is 17.4 Å². The molecule has 4 nitrogen and oxygen atoms in total. The van der Waals surface area contributed by atoms with Crippen molar-refractivity contribution in [3.8, 4) is 5.88 Å². The van der Waals surface area contributed by atoms with Gasteiger partial charge in [-0.05, 0) is 44.6 Å². The Morgan fingerprint density at radius 3 is 2.65 bits per heavy atom. The number of hydrogen-bond donors (Lipinski definition) is 0. The first-order valence-electron chi connectivity index (χ1n) is 8.22. The zero-order valence-electron chi connectivity index (χ0n) is 13.6. The molecule has 0 radical (unpaired) electrons. The summed E-state index contributed by atoms with van der Waals surface area (Å²) in [5, 5.41) is 1.08. The summed E-state index contributed by atoms with van der Waals surface area (Å²) in [5.41, 5.74) is 0. The van der Waals surface area contributed by atoms with Crippen LogP contribution in [0.15, 0.2) is 23.1 Å². The molecule has 1 fully saturated rings. The molecule has 0 spiro atoms. The second-order valence-electron chi connectivity index (χ2n) is 6.23. The Balaban J connectivity index is 1.81. The third kappa shape index (κ3) is 3.86. The molecule has 3 rings (SSSR count). The minimum absolute atomic E-state index is 0.162. The van der Waals surface area contributed by atoms with Crippen molar-refractivity contribution in [1.82, 2.24) is 4.98 Å². The van der Waals surface area contributed by atoms with Gasteiger partial charge in [0.25, 0.3) is 0 Å². The van der Waals surface area contributed by atoms with E-state index < -0.39 is 9.84 Å². The normalized spacial score (nSPS) is 22.3. The van der Waals surface area contributed by atoms with E-state index in [0.29, 0.717) is 11.3 Å². The molecule has 1 aromatic rings. The van der Waals surface area contributed by atoms with Crippen molar-refractivity contribution < 1.29 is 13.2 Å². The fourth-order valence-electron chi connectivity index (χ4n) is 3.07. The number of aromatic nitrogens is 1. The number of sulfone groups is 1. The molecule has 1 atom stereocenters. The molecule has 1 aromatic heterocycles. The van der Waals surface area contributed by atoms with Gasteiger partial charge in [0, 0.05) is 12.2 Å². The van der Waals surface area contributed by atoms with E-state index in [4.69, 9.17) is 4.74 Å². The van der Waals surface area contributed by atoms with Crippen LogP contribution in [-0.4, -0.2) is 25.8 Å². The van der Waals surface area contributed by atoms with Crippen LogP contribution in [0.25, 0.3) is 0 Å². The van der Waals surface area contributed by atoms with Crippen molar-refractivity contribution in [1.29, 1.82) is 0 Å². The highest BCUT2D eigenvalue weighted by Gasteiger charge is 2.25.